The van der Waals surface area contributed by atoms with Crippen molar-refractivity contribution in [2.24, 2.45) is 11.3 Å². The number of aromatic nitrogens is 1. The average molecular weight is 409 g/mol. The van der Waals surface area contributed by atoms with Crippen LogP contribution in [0.4, 0.5) is 4.39 Å². The molecule has 0 unspecified atom stereocenters. The van der Waals surface area contributed by atoms with E-state index in [0.717, 1.165) is 15.3 Å². The second-order valence-corrected chi connectivity index (χ2v) is 9.39. The summed E-state index contributed by atoms with van der Waals surface area (Å²) in [5.41, 5.74) is 2.07. The average Bonchev–Trinajstić information content (AvgIpc) is 3.06. The highest BCUT2D eigenvalue weighted by Gasteiger charge is 2.43. The predicted molar refractivity (Wildman–Crippen MR) is 111 cm³/mol. The molecule has 4 rings (SSSR count). The van der Waals surface area contributed by atoms with E-state index in [9.17, 15) is 18.8 Å². The first-order valence-corrected chi connectivity index (χ1v) is 10.2. The molecule has 0 spiro atoms. The number of thiazole rings is 1. The van der Waals surface area contributed by atoms with Crippen molar-refractivity contribution in [2.75, 3.05) is 0 Å². The monoisotopic (exact) mass is 409 g/mol. The van der Waals surface area contributed by atoms with E-state index in [1.54, 1.807) is 31.2 Å². The minimum absolute atomic E-state index is 0.224. The molecule has 1 aliphatic carbocycles. The maximum Gasteiger partial charge on any atom is 0.181 e. The highest BCUT2D eigenvalue weighted by atomic mass is 32.1. The first kappa shape index (κ1) is 19.6. The van der Waals surface area contributed by atoms with Gasteiger partial charge in [0.15, 0.2) is 17.3 Å². The van der Waals surface area contributed by atoms with Crippen LogP contribution < -0.4 is 0 Å². The molecule has 1 fully saturated rings. The number of Topliss-reactive ketones (excluding diaryl/α,β-unsaturated/α-hetero) is 3. The van der Waals surface area contributed by atoms with Gasteiger partial charge in [0.1, 0.15) is 16.7 Å². The number of ketones is 3. The van der Waals surface area contributed by atoms with Gasteiger partial charge < -0.3 is 0 Å². The second-order valence-electron chi connectivity index (χ2n) is 8.36. The van der Waals surface area contributed by atoms with Crippen LogP contribution in [-0.2, 0) is 9.59 Å². The summed E-state index contributed by atoms with van der Waals surface area (Å²) in [4.78, 5) is 42.8. The lowest BCUT2D eigenvalue weighted by molar-refractivity contribution is -0.137. The highest BCUT2D eigenvalue weighted by molar-refractivity contribution is 7.21. The van der Waals surface area contributed by atoms with E-state index < -0.39 is 17.1 Å². The van der Waals surface area contributed by atoms with Gasteiger partial charge >= 0.3 is 0 Å². The quantitative estimate of drug-likeness (QED) is 0.442. The number of halogens is 1. The third kappa shape index (κ3) is 3.53. The smallest absolute Gasteiger partial charge is 0.181 e. The Morgan fingerprint density at radius 3 is 2.31 bits per heavy atom. The van der Waals surface area contributed by atoms with Crippen LogP contribution in [0.2, 0.25) is 0 Å². The highest BCUT2D eigenvalue weighted by Crippen LogP contribution is 2.37. The van der Waals surface area contributed by atoms with Gasteiger partial charge in [-0.3, -0.25) is 14.4 Å². The number of fused-ring (bicyclic) bond motifs is 1. The van der Waals surface area contributed by atoms with Crippen molar-refractivity contribution in [3.8, 4) is 10.6 Å². The molecule has 4 nitrogen and oxygen atoms in total. The number of hydrogen-bond donors (Lipinski definition) is 0. The van der Waals surface area contributed by atoms with E-state index in [4.69, 9.17) is 0 Å². The largest absolute Gasteiger partial charge is 0.298 e. The molecule has 148 valence electrons. The van der Waals surface area contributed by atoms with E-state index in [0.29, 0.717) is 16.6 Å². The van der Waals surface area contributed by atoms with Crippen LogP contribution in [-0.4, -0.2) is 22.3 Å². The molecular weight excluding hydrogens is 389 g/mol. The molecule has 1 saturated carbocycles. The Kier molecular flexibility index (Phi) is 4.69. The lowest BCUT2D eigenvalue weighted by atomic mass is 9.69. The number of carbonyl (C=O) groups is 3. The lowest BCUT2D eigenvalue weighted by Crippen LogP contribution is -2.42. The standard InChI is InChI=1S/C23H20FNO3S/c1-12-15(21(28)19-16(26)10-23(2,3)11-17(19)27)8-9-18-20(12)25-22(29-18)13-4-6-14(24)7-5-13/h4-9,19H,10-11H2,1-3H3. The molecule has 0 N–H and O–H groups in total. The molecular formula is C23H20FNO3S. The van der Waals surface area contributed by atoms with Gasteiger partial charge in [0.25, 0.3) is 0 Å². The molecule has 1 aromatic heterocycles. The summed E-state index contributed by atoms with van der Waals surface area (Å²) in [6.07, 6.45) is 0.448. The second kappa shape index (κ2) is 6.95. The van der Waals surface area contributed by atoms with Crippen LogP contribution in [0, 0.1) is 24.1 Å². The third-order valence-corrected chi connectivity index (χ3v) is 6.45. The summed E-state index contributed by atoms with van der Waals surface area (Å²) in [6.45, 7) is 5.52. The first-order valence-electron chi connectivity index (χ1n) is 9.42. The summed E-state index contributed by atoms with van der Waals surface area (Å²) >= 11 is 1.45. The van der Waals surface area contributed by atoms with Crippen molar-refractivity contribution < 1.29 is 18.8 Å². The van der Waals surface area contributed by atoms with Crippen LogP contribution in [0.25, 0.3) is 20.8 Å². The number of aryl methyl sites for hydroxylation is 1. The van der Waals surface area contributed by atoms with Crippen molar-refractivity contribution in [3.63, 3.8) is 0 Å². The maximum atomic E-state index is 13.2. The Balaban J connectivity index is 1.72. The fraction of sp³-hybridized carbons (Fsp3) is 0.304. The Bertz CT molecular complexity index is 1140. The lowest BCUT2D eigenvalue weighted by Gasteiger charge is -2.31. The SMILES string of the molecule is Cc1c(C(=O)C2C(=O)CC(C)(C)CC2=O)ccc2sc(-c3ccc(F)cc3)nc12. The molecule has 1 aliphatic rings. The molecule has 0 atom stereocenters. The zero-order valence-electron chi connectivity index (χ0n) is 16.4. The minimum atomic E-state index is -1.21. The molecule has 6 heteroatoms. The zero-order valence-corrected chi connectivity index (χ0v) is 17.2. The van der Waals surface area contributed by atoms with E-state index in [-0.39, 0.29) is 30.2 Å². The van der Waals surface area contributed by atoms with E-state index in [1.807, 2.05) is 13.8 Å². The number of carbonyl (C=O) groups excluding carboxylic acids is 3. The predicted octanol–water partition coefficient (Wildman–Crippen LogP) is 5.17. The van der Waals surface area contributed by atoms with Crippen LogP contribution >= 0.6 is 11.3 Å². The Morgan fingerprint density at radius 1 is 1.07 bits per heavy atom. The first-order chi connectivity index (χ1) is 13.7. The van der Waals surface area contributed by atoms with Crippen LogP contribution in [0.5, 0.6) is 0 Å². The van der Waals surface area contributed by atoms with Gasteiger partial charge in [-0.15, -0.1) is 11.3 Å². The summed E-state index contributed by atoms with van der Waals surface area (Å²) in [5, 5.41) is 0.722. The number of hydrogen-bond acceptors (Lipinski definition) is 5. The minimum Gasteiger partial charge on any atom is -0.298 e. The third-order valence-electron chi connectivity index (χ3n) is 5.38. The van der Waals surface area contributed by atoms with E-state index in [1.165, 1.54) is 23.5 Å². The van der Waals surface area contributed by atoms with Gasteiger partial charge in [0.05, 0.1) is 10.2 Å². The fourth-order valence-electron chi connectivity index (χ4n) is 3.95. The molecule has 0 bridgehead atoms. The molecule has 2 aromatic carbocycles. The van der Waals surface area contributed by atoms with Crippen molar-refractivity contribution in [1.29, 1.82) is 0 Å². The van der Waals surface area contributed by atoms with Crippen molar-refractivity contribution in [1.82, 2.24) is 4.98 Å². The van der Waals surface area contributed by atoms with Gasteiger partial charge in [0.2, 0.25) is 0 Å². The number of nitrogens with zero attached hydrogens (tertiary/aromatic N) is 1. The van der Waals surface area contributed by atoms with Crippen LogP contribution in [0.1, 0.15) is 42.6 Å². The van der Waals surface area contributed by atoms with Gasteiger partial charge in [0, 0.05) is 24.0 Å². The molecule has 0 aliphatic heterocycles. The van der Waals surface area contributed by atoms with Gasteiger partial charge in [-0.05, 0) is 54.3 Å². The summed E-state index contributed by atoms with van der Waals surface area (Å²) in [6, 6.07) is 9.55. The normalized spacial score (nSPS) is 17.1. The topological polar surface area (TPSA) is 64.1 Å². The Labute approximate surface area is 171 Å². The summed E-state index contributed by atoms with van der Waals surface area (Å²) in [7, 11) is 0. The molecule has 0 radical (unpaired) electrons. The molecule has 3 aromatic rings. The Hall–Kier alpha value is -2.73. The van der Waals surface area contributed by atoms with Crippen LogP contribution in [0.3, 0.4) is 0 Å². The van der Waals surface area contributed by atoms with E-state index >= 15 is 0 Å². The van der Waals surface area contributed by atoms with Gasteiger partial charge in [-0.2, -0.15) is 0 Å². The molecule has 0 amide bonds. The summed E-state index contributed by atoms with van der Waals surface area (Å²) < 4.78 is 14.1. The van der Waals surface area contributed by atoms with Crippen molar-refractivity contribution in [3.05, 3.63) is 53.3 Å². The van der Waals surface area contributed by atoms with Crippen LogP contribution in [0.15, 0.2) is 36.4 Å². The number of benzene rings is 2. The van der Waals surface area contributed by atoms with Gasteiger partial charge in [-0.25, -0.2) is 9.37 Å². The molecule has 1 heterocycles. The molecule has 0 saturated heterocycles. The number of rotatable bonds is 3. The zero-order chi connectivity index (χ0) is 20.9. The molecule has 29 heavy (non-hydrogen) atoms. The maximum absolute atomic E-state index is 13.2. The summed E-state index contributed by atoms with van der Waals surface area (Å²) in [5.74, 6) is -2.58. The fourth-order valence-corrected chi connectivity index (χ4v) is 4.98. The van der Waals surface area contributed by atoms with Gasteiger partial charge in [-0.1, -0.05) is 13.8 Å². The van der Waals surface area contributed by atoms with Crippen molar-refractivity contribution >= 4 is 38.9 Å². The Morgan fingerprint density at radius 2 is 1.69 bits per heavy atom. The van der Waals surface area contributed by atoms with Crippen molar-refractivity contribution in [2.45, 2.75) is 33.6 Å². The van der Waals surface area contributed by atoms with E-state index in [2.05, 4.69) is 4.98 Å².